The molecule has 0 aliphatic heterocycles. The zero-order valence-electron chi connectivity index (χ0n) is 9.85. The summed E-state index contributed by atoms with van der Waals surface area (Å²) in [5, 5.41) is 11.3. The molecular formula is C12H14BrNO3S. The highest BCUT2D eigenvalue weighted by Crippen LogP contribution is 2.17. The average molecular weight is 332 g/mol. The van der Waals surface area contributed by atoms with E-state index in [0.29, 0.717) is 0 Å². The molecule has 0 bridgehead atoms. The molecule has 0 aliphatic carbocycles. The lowest BCUT2D eigenvalue weighted by atomic mass is 10.1. The van der Waals surface area contributed by atoms with Gasteiger partial charge in [0.15, 0.2) is 0 Å². The van der Waals surface area contributed by atoms with Crippen LogP contribution in [0.15, 0.2) is 28.7 Å². The first-order chi connectivity index (χ1) is 8.49. The van der Waals surface area contributed by atoms with Crippen LogP contribution >= 0.6 is 27.7 Å². The number of thioether (sulfide) groups is 1. The fourth-order valence-corrected chi connectivity index (χ4v) is 2.34. The van der Waals surface area contributed by atoms with Crippen LogP contribution in [0.2, 0.25) is 0 Å². The number of carbonyl (C=O) groups excluding carboxylic acids is 1. The Bertz CT molecular complexity index is 439. The molecule has 0 heterocycles. The summed E-state index contributed by atoms with van der Waals surface area (Å²) in [6.45, 7) is 1.89. The number of hydrogen-bond acceptors (Lipinski definition) is 3. The van der Waals surface area contributed by atoms with Crippen molar-refractivity contribution in [3.63, 3.8) is 0 Å². The van der Waals surface area contributed by atoms with E-state index in [1.54, 1.807) is 0 Å². The van der Waals surface area contributed by atoms with Crippen molar-refractivity contribution >= 4 is 39.6 Å². The van der Waals surface area contributed by atoms with Gasteiger partial charge in [-0.2, -0.15) is 0 Å². The van der Waals surface area contributed by atoms with Gasteiger partial charge in [0.1, 0.15) is 0 Å². The highest BCUT2D eigenvalue weighted by Gasteiger charge is 2.10. The summed E-state index contributed by atoms with van der Waals surface area (Å²) >= 11 is 4.46. The Morgan fingerprint density at radius 2 is 2.17 bits per heavy atom. The van der Waals surface area contributed by atoms with Crippen LogP contribution in [0, 0.1) is 0 Å². The van der Waals surface area contributed by atoms with Gasteiger partial charge in [0.2, 0.25) is 5.91 Å². The van der Waals surface area contributed by atoms with Crippen molar-refractivity contribution in [2.24, 2.45) is 0 Å². The van der Waals surface area contributed by atoms with E-state index in [1.807, 2.05) is 31.2 Å². The fourth-order valence-electron chi connectivity index (χ4n) is 1.37. The van der Waals surface area contributed by atoms with Gasteiger partial charge in [-0.15, -0.1) is 11.8 Å². The van der Waals surface area contributed by atoms with Crippen molar-refractivity contribution < 1.29 is 14.7 Å². The third kappa shape index (κ3) is 5.55. The van der Waals surface area contributed by atoms with Crippen molar-refractivity contribution in [3.8, 4) is 0 Å². The Morgan fingerprint density at radius 3 is 2.78 bits per heavy atom. The van der Waals surface area contributed by atoms with E-state index in [9.17, 15) is 9.59 Å². The van der Waals surface area contributed by atoms with Crippen LogP contribution in [0.3, 0.4) is 0 Å². The minimum atomic E-state index is -0.909. The number of aliphatic carboxylic acids is 1. The molecule has 0 spiro atoms. The monoisotopic (exact) mass is 331 g/mol. The van der Waals surface area contributed by atoms with Crippen LogP contribution < -0.4 is 5.32 Å². The lowest BCUT2D eigenvalue weighted by molar-refractivity contribution is -0.133. The molecule has 1 aromatic rings. The summed E-state index contributed by atoms with van der Waals surface area (Å²) in [4.78, 5) is 21.9. The van der Waals surface area contributed by atoms with Crippen molar-refractivity contribution in [2.75, 3.05) is 11.5 Å². The molecule has 0 radical (unpaired) electrons. The highest BCUT2D eigenvalue weighted by atomic mass is 79.9. The van der Waals surface area contributed by atoms with Crippen molar-refractivity contribution in [1.82, 2.24) is 5.32 Å². The number of nitrogens with one attached hydrogen (secondary N) is 1. The molecule has 18 heavy (non-hydrogen) atoms. The van der Waals surface area contributed by atoms with Gasteiger partial charge in [-0.1, -0.05) is 28.1 Å². The maximum absolute atomic E-state index is 11.6. The molecule has 98 valence electrons. The van der Waals surface area contributed by atoms with Gasteiger partial charge in [-0.05, 0) is 24.6 Å². The molecule has 0 unspecified atom stereocenters. The maximum Gasteiger partial charge on any atom is 0.313 e. The van der Waals surface area contributed by atoms with Crippen molar-refractivity contribution in [1.29, 1.82) is 0 Å². The Kier molecular flexibility index (Phi) is 6.21. The summed E-state index contributed by atoms with van der Waals surface area (Å²) in [5.41, 5.74) is 1.00. The van der Waals surface area contributed by atoms with E-state index in [-0.39, 0.29) is 23.5 Å². The van der Waals surface area contributed by atoms with Crippen LogP contribution in [-0.2, 0) is 9.59 Å². The Balaban J connectivity index is 2.42. The van der Waals surface area contributed by atoms with Gasteiger partial charge in [0.05, 0.1) is 17.5 Å². The third-order valence-electron chi connectivity index (χ3n) is 2.18. The molecule has 1 atom stereocenters. The molecule has 4 nitrogen and oxygen atoms in total. The summed E-state index contributed by atoms with van der Waals surface area (Å²) in [6, 6.07) is 7.60. The van der Waals surface area contributed by atoms with E-state index < -0.39 is 5.97 Å². The topological polar surface area (TPSA) is 66.4 Å². The number of carboxylic acid groups (broad SMARTS) is 1. The predicted molar refractivity (Wildman–Crippen MR) is 75.7 cm³/mol. The smallest absolute Gasteiger partial charge is 0.313 e. The molecule has 0 aliphatic rings. The lowest BCUT2D eigenvalue weighted by Gasteiger charge is -2.14. The second-order valence-corrected chi connectivity index (χ2v) is 5.63. The van der Waals surface area contributed by atoms with Crippen LogP contribution in [0.4, 0.5) is 0 Å². The number of carbonyl (C=O) groups is 2. The summed E-state index contributed by atoms with van der Waals surface area (Å²) < 4.78 is 0.960. The number of benzene rings is 1. The number of rotatable bonds is 6. The van der Waals surface area contributed by atoms with E-state index >= 15 is 0 Å². The van der Waals surface area contributed by atoms with Gasteiger partial charge in [0, 0.05) is 4.47 Å². The second-order valence-electron chi connectivity index (χ2n) is 3.73. The summed E-state index contributed by atoms with van der Waals surface area (Å²) in [7, 11) is 0. The zero-order valence-corrected chi connectivity index (χ0v) is 12.3. The predicted octanol–water partition coefficient (Wildman–Crippen LogP) is 2.44. The standard InChI is InChI=1S/C12H14BrNO3S/c1-8(9-3-2-4-10(13)5-9)14-11(15)6-18-7-12(16)17/h2-5,8H,6-7H2,1H3,(H,14,15)(H,16,17)/t8-/m1/s1. The molecule has 1 amide bonds. The first-order valence-electron chi connectivity index (χ1n) is 5.33. The number of carboxylic acids is 1. The molecule has 2 N–H and O–H groups in total. The molecule has 0 saturated carbocycles. The van der Waals surface area contributed by atoms with E-state index in [1.165, 1.54) is 0 Å². The van der Waals surface area contributed by atoms with Gasteiger partial charge < -0.3 is 10.4 Å². The first-order valence-corrected chi connectivity index (χ1v) is 7.28. The van der Waals surface area contributed by atoms with Crippen LogP contribution in [0.25, 0.3) is 0 Å². The second kappa shape index (κ2) is 7.43. The Hall–Kier alpha value is -1.01. The highest BCUT2D eigenvalue weighted by molar-refractivity contribution is 9.10. The number of amides is 1. The van der Waals surface area contributed by atoms with Crippen LogP contribution in [0.5, 0.6) is 0 Å². The molecule has 6 heteroatoms. The van der Waals surface area contributed by atoms with E-state index in [2.05, 4.69) is 21.2 Å². The van der Waals surface area contributed by atoms with E-state index in [0.717, 1.165) is 21.8 Å². The third-order valence-corrected chi connectivity index (χ3v) is 3.60. The SMILES string of the molecule is C[C@@H](NC(=O)CSCC(=O)O)c1cccc(Br)c1. The molecule has 1 aromatic carbocycles. The van der Waals surface area contributed by atoms with Gasteiger partial charge >= 0.3 is 5.97 Å². The minimum absolute atomic E-state index is 0.0569. The lowest BCUT2D eigenvalue weighted by Crippen LogP contribution is -2.28. The first kappa shape index (κ1) is 15.0. The van der Waals surface area contributed by atoms with Gasteiger partial charge in [-0.3, -0.25) is 9.59 Å². The summed E-state index contributed by atoms with van der Waals surface area (Å²) in [6.07, 6.45) is 0. The molecule has 0 aromatic heterocycles. The van der Waals surface area contributed by atoms with Crippen LogP contribution in [-0.4, -0.2) is 28.5 Å². The minimum Gasteiger partial charge on any atom is -0.481 e. The largest absolute Gasteiger partial charge is 0.481 e. The Morgan fingerprint density at radius 1 is 1.44 bits per heavy atom. The quantitative estimate of drug-likeness (QED) is 0.840. The maximum atomic E-state index is 11.6. The average Bonchev–Trinajstić information content (AvgIpc) is 2.28. The van der Waals surface area contributed by atoms with Gasteiger partial charge in [-0.25, -0.2) is 0 Å². The molecule has 0 saturated heterocycles. The van der Waals surface area contributed by atoms with Crippen molar-refractivity contribution in [3.05, 3.63) is 34.3 Å². The molecular weight excluding hydrogens is 318 g/mol. The van der Waals surface area contributed by atoms with Crippen molar-refractivity contribution in [2.45, 2.75) is 13.0 Å². The van der Waals surface area contributed by atoms with Gasteiger partial charge in [0.25, 0.3) is 0 Å². The number of halogens is 1. The Labute approximate surface area is 118 Å². The normalized spacial score (nSPS) is 11.9. The van der Waals surface area contributed by atoms with E-state index in [4.69, 9.17) is 5.11 Å². The fraction of sp³-hybridized carbons (Fsp3) is 0.333. The zero-order chi connectivity index (χ0) is 13.5. The summed E-state index contributed by atoms with van der Waals surface area (Å²) in [5.74, 6) is -0.967. The molecule has 0 fully saturated rings. The molecule has 1 rings (SSSR count). The van der Waals surface area contributed by atoms with Crippen LogP contribution in [0.1, 0.15) is 18.5 Å². The number of hydrogen-bond donors (Lipinski definition) is 2.